The molecule has 0 radical (unpaired) electrons. The van der Waals surface area contributed by atoms with Crippen molar-refractivity contribution >= 4 is 29.2 Å². The molecule has 3 atom stereocenters. The van der Waals surface area contributed by atoms with Crippen LogP contribution in [0.4, 0.5) is 0 Å². The average molecular weight is 531 g/mol. The maximum Gasteiger partial charge on any atom is 0.169 e. The SMILES string of the molecule is C1=CC2=C(C3=NC(c4ccccc4)N=C(c4ccccc4)N3)C=CC3CC23C=C1c1ccc(C2=CCCC=N2)cc1. The molecule has 3 aromatic rings. The highest BCUT2D eigenvalue weighted by Crippen LogP contribution is 2.65. The molecule has 4 nitrogen and oxygen atoms in total. The van der Waals surface area contributed by atoms with Gasteiger partial charge in [-0.15, -0.1) is 0 Å². The molecule has 198 valence electrons. The molecule has 0 amide bonds. The predicted molar refractivity (Wildman–Crippen MR) is 169 cm³/mol. The first-order chi connectivity index (χ1) is 20.3. The number of hydrogen-bond donors (Lipinski definition) is 1. The van der Waals surface area contributed by atoms with Crippen LogP contribution in [-0.4, -0.2) is 17.9 Å². The molecule has 8 rings (SSSR count). The lowest BCUT2D eigenvalue weighted by molar-refractivity contribution is 0.728. The maximum atomic E-state index is 5.16. The van der Waals surface area contributed by atoms with Gasteiger partial charge in [-0.25, -0.2) is 9.98 Å². The lowest BCUT2D eigenvalue weighted by atomic mass is 9.79. The molecule has 0 saturated heterocycles. The molecule has 0 aromatic heterocycles. The van der Waals surface area contributed by atoms with Gasteiger partial charge in [-0.2, -0.15) is 0 Å². The Morgan fingerprint density at radius 1 is 0.707 bits per heavy atom. The van der Waals surface area contributed by atoms with E-state index in [0.717, 1.165) is 53.3 Å². The Balaban J connectivity index is 1.15. The second-order valence-electron chi connectivity index (χ2n) is 11.3. The van der Waals surface area contributed by atoms with E-state index in [-0.39, 0.29) is 11.6 Å². The van der Waals surface area contributed by atoms with Crippen LogP contribution < -0.4 is 5.32 Å². The van der Waals surface area contributed by atoms with E-state index in [9.17, 15) is 0 Å². The lowest BCUT2D eigenvalue weighted by Crippen LogP contribution is -2.37. The van der Waals surface area contributed by atoms with Gasteiger partial charge >= 0.3 is 0 Å². The highest BCUT2D eigenvalue weighted by atomic mass is 15.2. The Hall–Kier alpha value is -4.83. The average Bonchev–Trinajstić information content (AvgIpc) is 3.78. The standard InChI is InChI=1S/C37H30N4/c1-3-9-27(10-4-1)34-39-35(28-11-5-2-6-12-28)41-36(40-34)31-20-19-30-24-37(30)23-29(18-21-32(31)37)25-14-16-26(17-15-25)33-13-7-8-22-38-33/h1-6,9-23,30,34H,7-8,24H2,(H,39,40,41). The van der Waals surface area contributed by atoms with Gasteiger partial charge in [-0.05, 0) is 53.0 Å². The van der Waals surface area contributed by atoms with E-state index in [1.807, 2.05) is 18.3 Å². The van der Waals surface area contributed by atoms with Crippen molar-refractivity contribution in [3.63, 3.8) is 0 Å². The number of aliphatic imine (C=N–C) groups is 3. The fraction of sp³-hybridized carbons (Fsp3) is 0.162. The zero-order chi connectivity index (χ0) is 27.2. The minimum absolute atomic E-state index is 0.0248. The zero-order valence-electron chi connectivity index (χ0n) is 22.7. The summed E-state index contributed by atoms with van der Waals surface area (Å²) >= 11 is 0. The Bertz CT molecular complexity index is 1770. The van der Waals surface area contributed by atoms with Gasteiger partial charge in [0.2, 0.25) is 0 Å². The summed E-state index contributed by atoms with van der Waals surface area (Å²) < 4.78 is 0. The van der Waals surface area contributed by atoms with Crippen LogP contribution in [0.25, 0.3) is 11.3 Å². The minimum Gasteiger partial charge on any atom is -0.324 e. The molecule has 3 aromatic carbocycles. The molecule has 3 aliphatic carbocycles. The van der Waals surface area contributed by atoms with Crippen LogP contribution in [-0.2, 0) is 0 Å². The summed E-state index contributed by atoms with van der Waals surface area (Å²) in [4.78, 5) is 14.8. The van der Waals surface area contributed by atoms with E-state index in [0.29, 0.717) is 5.92 Å². The van der Waals surface area contributed by atoms with Gasteiger partial charge in [0.05, 0.1) is 5.70 Å². The topological polar surface area (TPSA) is 49.1 Å². The van der Waals surface area contributed by atoms with Crippen molar-refractivity contribution in [2.24, 2.45) is 26.3 Å². The number of nitrogens with zero attached hydrogens (tertiary/aromatic N) is 3. The molecule has 41 heavy (non-hydrogen) atoms. The van der Waals surface area contributed by atoms with Crippen molar-refractivity contribution in [1.29, 1.82) is 0 Å². The molecule has 1 fully saturated rings. The van der Waals surface area contributed by atoms with Crippen LogP contribution in [0.15, 0.2) is 148 Å². The molecular formula is C37H30N4. The van der Waals surface area contributed by atoms with E-state index in [1.165, 1.54) is 22.3 Å². The van der Waals surface area contributed by atoms with Crippen molar-refractivity contribution < 1.29 is 0 Å². The summed E-state index contributed by atoms with van der Waals surface area (Å²) in [6.45, 7) is 0. The molecule has 4 heteroatoms. The first kappa shape index (κ1) is 24.0. The summed E-state index contributed by atoms with van der Waals surface area (Å²) in [5.41, 5.74) is 9.47. The van der Waals surface area contributed by atoms with Crippen LogP contribution in [0, 0.1) is 11.3 Å². The highest BCUT2D eigenvalue weighted by molar-refractivity contribution is 6.17. The number of rotatable bonds is 5. The van der Waals surface area contributed by atoms with Crippen molar-refractivity contribution in [1.82, 2.24) is 5.32 Å². The number of benzene rings is 3. The van der Waals surface area contributed by atoms with Gasteiger partial charge in [-0.1, -0.05) is 121 Å². The molecular weight excluding hydrogens is 500 g/mol. The van der Waals surface area contributed by atoms with Crippen LogP contribution in [0.5, 0.6) is 0 Å². The number of nitrogens with one attached hydrogen (secondary N) is 1. The van der Waals surface area contributed by atoms with E-state index in [4.69, 9.17) is 9.98 Å². The number of hydrogen-bond acceptors (Lipinski definition) is 4. The van der Waals surface area contributed by atoms with Gasteiger partial charge in [0.25, 0.3) is 0 Å². The smallest absolute Gasteiger partial charge is 0.169 e. The Morgan fingerprint density at radius 3 is 2.24 bits per heavy atom. The molecule has 2 aliphatic heterocycles. The maximum absolute atomic E-state index is 5.16. The van der Waals surface area contributed by atoms with E-state index in [1.54, 1.807) is 0 Å². The van der Waals surface area contributed by atoms with Crippen LogP contribution in [0.3, 0.4) is 0 Å². The van der Waals surface area contributed by atoms with Gasteiger partial charge < -0.3 is 5.32 Å². The minimum atomic E-state index is -0.294. The first-order valence-corrected chi connectivity index (χ1v) is 14.5. The lowest BCUT2D eigenvalue weighted by Gasteiger charge is -2.29. The predicted octanol–water partition coefficient (Wildman–Crippen LogP) is 7.87. The molecule has 1 N–H and O–H groups in total. The second-order valence-corrected chi connectivity index (χ2v) is 11.3. The van der Waals surface area contributed by atoms with Gasteiger partial charge in [0.15, 0.2) is 6.17 Å². The highest BCUT2D eigenvalue weighted by Gasteiger charge is 2.56. The van der Waals surface area contributed by atoms with Gasteiger partial charge in [-0.3, -0.25) is 4.99 Å². The molecule has 1 spiro atoms. The van der Waals surface area contributed by atoms with Crippen LogP contribution >= 0.6 is 0 Å². The van der Waals surface area contributed by atoms with Crippen molar-refractivity contribution in [2.45, 2.75) is 25.4 Å². The molecule has 0 bridgehead atoms. The molecule has 2 heterocycles. The Kier molecular flexibility index (Phi) is 5.66. The normalized spacial score (nSPS) is 25.8. The zero-order valence-corrected chi connectivity index (χ0v) is 22.7. The Morgan fingerprint density at radius 2 is 1.46 bits per heavy atom. The fourth-order valence-corrected chi connectivity index (χ4v) is 6.42. The fourth-order valence-electron chi connectivity index (χ4n) is 6.42. The second kappa shape index (κ2) is 9.67. The monoisotopic (exact) mass is 530 g/mol. The quantitative estimate of drug-likeness (QED) is 0.359. The Labute approximate surface area is 240 Å². The summed E-state index contributed by atoms with van der Waals surface area (Å²) in [7, 11) is 0. The van der Waals surface area contributed by atoms with Crippen molar-refractivity contribution in [3.05, 3.63) is 155 Å². The first-order valence-electron chi connectivity index (χ1n) is 14.5. The summed E-state index contributed by atoms with van der Waals surface area (Å²) in [6.07, 6.45) is 18.9. The number of amidine groups is 2. The third-order valence-corrected chi connectivity index (χ3v) is 8.71. The summed E-state index contributed by atoms with van der Waals surface area (Å²) in [5.74, 6) is 2.26. The van der Waals surface area contributed by atoms with E-state index < -0.39 is 0 Å². The number of allylic oxidation sites excluding steroid dienone is 7. The summed E-state index contributed by atoms with van der Waals surface area (Å²) in [5, 5.41) is 3.61. The van der Waals surface area contributed by atoms with Crippen molar-refractivity contribution in [3.8, 4) is 0 Å². The van der Waals surface area contributed by atoms with Crippen LogP contribution in [0.2, 0.25) is 0 Å². The van der Waals surface area contributed by atoms with Crippen LogP contribution in [0.1, 0.15) is 47.7 Å². The van der Waals surface area contributed by atoms with Gasteiger partial charge in [0.1, 0.15) is 11.7 Å². The van der Waals surface area contributed by atoms with Gasteiger partial charge in [0, 0.05) is 22.8 Å². The molecule has 5 aliphatic rings. The van der Waals surface area contributed by atoms with E-state index >= 15 is 0 Å². The third kappa shape index (κ3) is 4.27. The largest absolute Gasteiger partial charge is 0.324 e. The molecule has 3 unspecified atom stereocenters. The van der Waals surface area contributed by atoms with Crippen molar-refractivity contribution in [2.75, 3.05) is 0 Å². The van der Waals surface area contributed by atoms with E-state index in [2.05, 4.69) is 120 Å². The molecule has 1 saturated carbocycles. The summed E-state index contributed by atoms with van der Waals surface area (Å²) in [6, 6.07) is 29.6. The third-order valence-electron chi connectivity index (χ3n) is 8.71.